The van der Waals surface area contributed by atoms with E-state index in [-0.39, 0.29) is 17.6 Å². The summed E-state index contributed by atoms with van der Waals surface area (Å²) in [5.74, 6) is -0.0721. The Labute approximate surface area is 248 Å². The number of pyridine rings is 1. The number of ether oxygens (including phenoxy) is 1. The lowest BCUT2D eigenvalue weighted by atomic mass is 10.1. The molecule has 3 aromatic heterocycles. The van der Waals surface area contributed by atoms with Crippen molar-refractivity contribution < 1.29 is 13.9 Å². The summed E-state index contributed by atoms with van der Waals surface area (Å²) in [6.07, 6.45) is 5.37. The molecule has 0 spiro atoms. The Kier molecular flexibility index (Phi) is 8.09. The van der Waals surface area contributed by atoms with Gasteiger partial charge in [-0.15, -0.1) is 0 Å². The third-order valence-corrected chi connectivity index (χ3v) is 9.16. The van der Waals surface area contributed by atoms with E-state index in [1.165, 1.54) is 23.5 Å². The van der Waals surface area contributed by atoms with Crippen molar-refractivity contribution in [2.45, 2.75) is 32.6 Å². The molecule has 0 saturated carbocycles. The number of amides is 1. The third kappa shape index (κ3) is 5.44. The third-order valence-electron chi connectivity index (χ3n) is 8.12. The summed E-state index contributed by atoms with van der Waals surface area (Å²) in [4.78, 5) is 24.7. The Balaban J connectivity index is 1.26. The highest BCUT2D eigenvalue weighted by Gasteiger charge is 2.29. The van der Waals surface area contributed by atoms with Gasteiger partial charge in [0, 0.05) is 57.3 Å². The van der Waals surface area contributed by atoms with Crippen molar-refractivity contribution in [2.24, 2.45) is 5.92 Å². The maximum atomic E-state index is 13.5. The molecule has 9 nitrogen and oxygen atoms in total. The van der Waals surface area contributed by atoms with E-state index in [1.807, 2.05) is 27.6 Å². The van der Waals surface area contributed by atoms with Crippen LogP contribution in [0.25, 0.3) is 16.8 Å². The van der Waals surface area contributed by atoms with E-state index in [2.05, 4.69) is 30.0 Å². The summed E-state index contributed by atoms with van der Waals surface area (Å²) < 4.78 is 20.9. The van der Waals surface area contributed by atoms with Crippen molar-refractivity contribution in [1.29, 1.82) is 5.26 Å². The zero-order valence-corrected chi connectivity index (χ0v) is 24.7. The molecular formula is C31H34FN7O2S. The average Bonchev–Trinajstić information content (AvgIpc) is 3.75. The van der Waals surface area contributed by atoms with Crippen molar-refractivity contribution in [3.8, 4) is 17.3 Å². The molecule has 42 heavy (non-hydrogen) atoms. The highest BCUT2D eigenvalue weighted by atomic mass is 32.1. The van der Waals surface area contributed by atoms with E-state index in [0.717, 1.165) is 74.4 Å². The fourth-order valence-corrected chi connectivity index (χ4v) is 6.75. The Morgan fingerprint density at radius 3 is 2.62 bits per heavy atom. The van der Waals surface area contributed by atoms with Crippen molar-refractivity contribution >= 4 is 39.3 Å². The van der Waals surface area contributed by atoms with Crippen LogP contribution >= 0.6 is 11.3 Å². The molecule has 5 heterocycles. The zero-order valence-electron chi connectivity index (χ0n) is 23.9. The summed E-state index contributed by atoms with van der Waals surface area (Å²) in [6, 6.07) is 12.6. The number of fused-ring (bicyclic) bond motifs is 1. The fraction of sp³-hybridized carbons (Fsp3) is 0.419. The first-order valence-electron chi connectivity index (χ1n) is 14.5. The van der Waals surface area contributed by atoms with Crippen LogP contribution in [0.4, 0.5) is 20.9 Å². The lowest BCUT2D eigenvalue weighted by Gasteiger charge is -2.33. The first-order valence-corrected chi connectivity index (χ1v) is 15.3. The van der Waals surface area contributed by atoms with Crippen molar-refractivity contribution in [1.82, 2.24) is 19.5 Å². The number of nitrogens with zero attached hydrogens (tertiary/aromatic N) is 7. The van der Waals surface area contributed by atoms with Gasteiger partial charge in [0.25, 0.3) is 0 Å². The van der Waals surface area contributed by atoms with Crippen LogP contribution in [0.2, 0.25) is 0 Å². The van der Waals surface area contributed by atoms with Crippen LogP contribution in [-0.4, -0.2) is 71.8 Å². The molecule has 0 N–H and O–H groups in total. The molecule has 1 atom stereocenters. The number of nitriles is 1. The molecule has 11 heteroatoms. The molecule has 4 aromatic rings. The smallest absolute Gasteiger partial charge is 0.228 e. The van der Waals surface area contributed by atoms with Gasteiger partial charge in [0.15, 0.2) is 5.13 Å². The van der Waals surface area contributed by atoms with Gasteiger partial charge in [0.05, 0.1) is 29.4 Å². The molecule has 218 valence electrons. The van der Waals surface area contributed by atoms with Gasteiger partial charge in [0.2, 0.25) is 5.91 Å². The van der Waals surface area contributed by atoms with E-state index in [9.17, 15) is 14.4 Å². The molecule has 6 rings (SSSR count). The number of hydrogen-bond acceptors (Lipinski definition) is 8. The highest BCUT2D eigenvalue weighted by molar-refractivity contribution is 7.16. The largest absolute Gasteiger partial charge is 0.381 e. The summed E-state index contributed by atoms with van der Waals surface area (Å²) >= 11 is 1.31. The molecular weight excluding hydrogens is 553 g/mol. The summed E-state index contributed by atoms with van der Waals surface area (Å²) in [5, 5.41) is 15.4. The van der Waals surface area contributed by atoms with Crippen LogP contribution in [-0.2, 0) is 16.0 Å². The van der Waals surface area contributed by atoms with Gasteiger partial charge in [-0.25, -0.2) is 13.9 Å². The second kappa shape index (κ2) is 12.1. The van der Waals surface area contributed by atoms with E-state index < -0.39 is 0 Å². The normalized spacial score (nSPS) is 17.7. The molecule has 1 amide bonds. The zero-order chi connectivity index (χ0) is 29.2. The quantitative estimate of drug-likeness (QED) is 0.304. The Bertz CT molecular complexity index is 1610. The summed E-state index contributed by atoms with van der Waals surface area (Å²) in [6.45, 7) is 6.56. The maximum absolute atomic E-state index is 13.5. The minimum atomic E-state index is -0.329. The van der Waals surface area contributed by atoms with Crippen LogP contribution in [0.5, 0.6) is 0 Å². The van der Waals surface area contributed by atoms with Gasteiger partial charge in [-0.05, 0) is 62.1 Å². The number of rotatable bonds is 6. The predicted molar refractivity (Wildman–Crippen MR) is 162 cm³/mol. The Hall–Kier alpha value is -4.01. The topological polar surface area (TPSA) is 90.0 Å². The van der Waals surface area contributed by atoms with Crippen LogP contribution in [0, 0.1) is 23.1 Å². The molecule has 0 unspecified atom stereocenters. The molecule has 0 bridgehead atoms. The number of aryl methyl sites for hydroxylation is 1. The van der Waals surface area contributed by atoms with E-state index in [4.69, 9.17) is 14.8 Å². The fourth-order valence-electron chi connectivity index (χ4n) is 5.89. The summed E-state index contributed by atoms with van der Waals surface area (Å²) in [7, 11) is 1.95. The second-order valence-electron chi connectivity index (χ2n) is 10.8. The van der Waals surface area contributed by atoms with Gasteiger partial charge < -0.3 is 19.4 Å². The lowest BCUT2D eigenvalue weighted by Crippen LogP contribution is -2.42. The SMILES string of the molecule is CCc1nn2ccc(N3CCCN(C(=O)[C@@H]4CCOC4)CCC3)cc2c1N(C)c1nc(-c2ccc(F)cc2)c(C#N)s1. The molecule has 2 aliphatic heterocycles. The Morgan fingerprint density at radius 2 is 1.95 bits per heavy atom. The lowest BCUT2D eigenvalue weighted by molar-refractivity contribution is -0.135. The van der Waals surface area contributed by atoms with Crippen LogP contribution < -0.4 is 9.80 Å². The maximum Gasteiger partial charge on any atom is 0.228 e. The van der Waals surface area contributed by atoms with E-state index in [0.29, 0.717) is 34.5 Å². The molecule has 0 radical (unpaired) electrons. The first kappa shape index (κ1) is 28.1. The van der Waals surface area contributed by atoms with Crippen LogP contribution in [0.1, 0.15) is 36.8 Å². The number of carbonyl (C=O) groups is 1. The number of thiazole rings is 1. The number of benzene rings is 1. The minimum Gasteiger partial charge on any atom is -0.381 e. The van der Waals surface area contributed by atoms with Crippen LogP contribution in [0.3, 0.4) is 0 Å². The molecule has 0 aliphatic carbocycles. The second-order valence-corrected chi connectivity index (χ2v) is 11.8. The first-order chi connectivity index (χ1) is 20.5. The van der Waals surface area contributed by atoms with Crippen LogP contribution in [0.15, 0.2) is 42.6 Å². The highest BCUT2D eigenvalue weighted by Crippen LogP contribution is 2.39. The van der Waals surface area contributed by atoms with Gasteiger partial charge in [-0.1, -0.05) is 18.3 Å². The van der Waals surface area contributed by atoms with Gasteiger partial charge in [-0.3, -0.25) is 4.79 Å². The van der Waals surface area contributed by atoms with Gasteiger partial charge in [-0.2, -0.15) is 10.4 Å². The van der Waals surface area contributed by atoms with E-state index >= 15 is 0 Å². The Morgan fingerprint density at radius 1 is 1.19 bits per heavy atom. The predicted octanol–water partition coefficient (Wildman–Crippen LogP) is 5.26. The van der Waals surface area contributed by atoms with Crippen molar-refractivity contribution in [3.05, 3.63) is 59.0 Å². The minimum absolute atomic E-state index is 0.0156. The monoisotopic (exact) mass is 587 g/mol. The molecule has 2 fully saturated rings. The molecule has 2 saturated heterocycles. The molecule has 1 aromatic carbocycles. The standard InChI is InChI=1S/C31H34FN7O2S/c1-3-25-29(36(2)31-34-28(27(19-33)42-31)21-6-8-23(32)9-7-21)26-18-24(10-16-39(26)35-25)37-12-4-14-38(15-5-13-37)30(40)22-11-17-41-20-22/h6-10,16,18,22H,3-5,11-15,17,20H2,1-2H3/t22-/m1/s1. The number of aromatic nitrogens is 3. The van der Waals surface area contributed by atoms with Gasteiger partial charge in [0.1, 0.15) is 22.5 Å². The number of hydrogen-bond donors (Lipinski definition) is 0. The average molecular weight is 588 g/mol. The van der Waals surface area contributed by atoms with Gasteiger partial charge >= 0.3 is 0 Å². The number of anilines is 3. The van der Waals surface area contributed by atoms with Crippen molar-refractivity contribution in [2.75, 3.05) is 56.2 Å². The van der Waals surface area contributed by atoms with Crippen molar-refractivity contribution in [3.63, 3.8) is 0 Å². The number of halogens is 1. The summed E-state index contributed by atoms with van der Waals surface area (Å²) in [5.41, 5.74) is 5.22. The molecule has 2 aliphatic rings. The van der Waals surface area contributed by atoms with E-state index in [1.54, 1.807) is 12.1 Å². The number of carbonyl (C=O) groups excluding carboxylic acids is 1.